The number of carboxylic acids is 1. The van der Waals surface area contributed by atoms with Crippen LogP contribution in [0.2, 0.25) is 5.02 Å². The number of nitrogens with one attached hydrogen (secondary N) is 1. The van der Waals surface area contributed by atoms with Gasteiger partial charge in [0.1, 0.15) is 0 Å². The molecule has 0 radical (unpaired) electrons. The fourth-order valence-electron chi connectivity index (χ4n) is 5.77. The van der Waals surface area contributed by atoms with Gasteiger partial charge in [0.25, 0.3) is 11.8 Å². The van der Waals surface area contributed by atoms with Crippen molar-refractivity contribution in [3.8, 4) is 22.4 Å². The lowest BCUT2D eigenvalue weighted by Gasteiger charge is -2.35. The fraction of sp³-hybridized carbons (Fsp3) is 0.353. The third kappa shape index (κ3) is 7.68. The first-order chi connectivity index (χ1) is 23.9. The monoisotopic (exact) mass is 711 g/mol. The summed E-state index contributed by atoms with van der Waals surface area (Å²) in [6.45, 7) is 3.83. The smallest absolute Gasteiger partial charge is 0.303 e. The fourth-order valence-corrected chi connectivity index (χ4v) is 6.03. The van der Waals surface area contributed by atoms with Crippen molar-refractivity contribution in [3.05, 3.63) is 76.5 Å². The van der Waals surface area contributed by atoms with Crippen molar-refractivity contribution in [2.24, 2.45) is 7.05 Å². The molecule has 0 aliphatic carbocycles. The van der Waals surface area contributed by atoms with Crippen LogP contribution in [0.5, 0.6) is 0 Å². The van der Waals surface area contributed by atoms with E-state index in [-0.39, 0.29) is 83.1 Å². The van der Waals surface area contributed by atoms with Crippen LogP contribution in [0.15, 0.2) is 42.7 Å². The van der Waals surface area contributed by atoms with Crippen LogP contribution in [-0.4, -0.2) is 97.8 Å². The molecule has 1 saturated heterocycles. The van der Waals surface area contributed by atoms with E-state index in [1.54, 1.807) is 28.5 Å². The number of piperazine rings is 1. The van der Waals surface area contributed by atoms with Gasteiger partial charge >= 0.3 is 5.97 Å². The van der Waals surface area contributed by atoms with Crippen LogP contribution >= 0.6 is 11.6 Å². The number of benzene rings is 2. The van der Waals surface area contributed by atoms with Gasteiger partial charge in [-0.2, -0.15) is 5.10 Å². The van der Waals surface area contributed by atoms with E-state index in [1.807, 2.05) is 0 Å². The summed E-state index contributed by atoms with van der Waals surface area (Å²) in [4.78, 5) is 56.8. The highest BCUT2D eigenvalue weighted by molar-refractivity contribution is 6.34. The summed E-state index contributed by atoms with van der Waals surface area (Å²) >= 11 is 6.45. The van der Waals surface area contributed by atoms with E-state index < -0.39 is 23.5 Å². The van der Waals surface area contributed by atoms with Crippen LogP contribution in [0, 0.1) is 18.6 Å². The van der Waals surface area contributed by atoms with Crippen molar-refractivity contribution < 1.29 is 37.8 Å². The molecule has 0 spiro atoms. The number of carbonyl (C=O) groups is 4. The lowest BCUT2D eigenvalue weighted by atomic mass is 10.0. The number of carboxylic acid groups (broad SMARTS) is 1. The van der Waals surface area contributed by atoms with E-state index in [9.17, 15) is 19.2 Å². The Labute approximate surface area is 291 Å². The maximum atomic E-state index is 15.5. The molecule has 13 nitrogen and oxygen atoms in total. The van der Waals surface area contributed by atoms with E-state index in [4.69, 9.17) is 21.4 Å². The molecular weight excluding hydrogens is 676 g/mol. The zero-order valence-electron chi connectivity index (χ0n) is 27.7. The lowest BCUT2D eigenvalue weighted by Crippen LogP contribution is -2.50. The molecule has 264 valence electrons. The predicted molar refractivity (Wildman–Crippen MR) is 180 cm³/mol. The number of aliphatic carboxylic acids is 1. The summed E-state index contributed by atoms with van der Waals surface area (Å²) in [5.41, 5.74) is 1.73. The van der Waals surface area contributed by atoms with Crippen molar-refractivity contribution >= 4 is 41.0 Å². The molecule has 2 aromatic heterocycles. The number of hydrogen-bond donors (Lipinski definition) is 2. The van der Waals surface area contributed by atoms with Gasteiger partial charge in [0.2, 0.25) is 5.91 Å². The molecular formula is C34H36ClF2N7O6. The standard InChI is InChI=1S/C34H36ClF2N7O6/c1-20-25(18-39-44(20)15-16-50-3)22-9-10-24(31(37)30(22)36)27-19-38-32(41(27)2)33(48)40-21-7-8-23(26(35)17-21)34(49)43-13-11-42(12-14-43)28(45)5-4-6-29(46)47/h7-10,17-19H,4-6,11-16H2,1-3H3,(H,40,48)(H,46,47). The quantitative estimate of drug-likeness (QED) is 0.216. The minimum atomic E-state index is -1.10. The minimum Gasteiger partial charge on any atom is -0.481 e. The summed E-state index contributed by atoms with van der Waals surface area (Å²) in [6.07, 6.45) is 3.06. The third-order valence-electron chi connectivity index (χ3n) is 8.61. The van der Waals surface area contributed by atoms with Gasteiger partial charge in [-0.05, 0) is 37.6 Å². The normalized spacial score (nSPS) is 13.1. The molecule has 0 bridgehead atoms. The number of imidazole rings is 1. The third-order valence-corrected chi connectivity index (χ3v) is 8.92. The average Bonchev–Trinajstić information content (AvgIpc) is 3.66. The number of nitrogens with zero attached hydrogens (tertiary/aromatic N) is 6. The Morgan fingerprint density at radius 1 is 0.960 bits per heavy atom. The van der Waals surface area contributed by atoms with Gasteiger partial charge in [0.15, 0.2) is 17.5 Å². The Morgan fingerprint density at radius 2 is 1.64 bits per heavy atom. The van der Waals surface area contributed by atoms with Gasteiger partial charge in [-0.25, -0.2) is 13.8 Å². The number of rotatable bonds is 12. The van der Waals surface area contributed by atoms with Gasteiger partial charge in [-0.1, -0.05) is 17.7 Å². The van der Waals surface area contributed by atoms with E-state index >= 15 is 8.78 Å². The van der Waals surface area contributed by atoms with Crippen molar-refractivity contribution in [2.45, 2.75) is 32.7 Å². The topological polar surface area (TPSA) is 152 Å². The number of carbonyl (C=O) groups excluding carboxylic acids is 3. The number of ether oxygens (including phenoxy) is 1. The molecule has 1 aliphatic heterocycles. The molecule has 5 rings (SSSR count). The average molecular weight is 712 g/mol. The highest BCUT2D eigenvalue weighted by atomic mass is 35.5. The van der Waals surface area contributed by atoms with Crippen molar-refractivity contribution in [1.29, 1.82) is 0 Å². The maximum absolute atomic E-state index is 15.5. The summed E-state index contributed by atoms with van der Waals surface area (Å²) in [7, 11) is 3.07. The number of amides is 3. The molecule has 3 heterocycles. The highest BCUT2D eigenvalue weighted by Crippen LogP contribution is 2.33. The molecule has 0 unspecified atom stereocenters. The number of halogens is 3. The predicted octanol–water partition coefficient (Wildman–Crippen LogP) is 4.63. The van der Waals surface area contributed by atoms with Gasteiger partial charge in [0.05, 0.1) is 41.8 Å². The number of methoxy groups -OCH3 is 1. The van der Waals surface area contributed by atoms with Crippen LogP contribution in [0.1, 0.15) is 45.9 Å². The molecule has 0 atom stereocenters. The summed E-state index contributed by atoms with van der Waals surface area (Å²) in [5.74, 6) is -4.33. The number of hydrogen-bond acceptors (Lipinski definition) is 7. The zero-order chi connectivity index (χ0) is 36.1. The van der Waals surface area contributed by atoms with Crippen LogP contribution in [0.25, 0.3) is 22.4 Å². The molecule has 16 heteroatoms. The molecule has 1 aliphatic rings. The van der Waals surface area contributed by atoms with Crippen molar-refractivity contribution in [3.63, 3.8) is 0 Å². The van der Waals surface area contributed by atoms with Gasteiger partial charge < -0.3 is 29.5 Å². The second kappa shape index (κ2) is 15.6. The Kier molecular flexibility index (Phi) is 11.3. The molecule has 0 saturated carbocycles. The van der Waals surface area contributed by atoms with Gasteiger partial charge in [0, 0.05) is 81.2 Å². The lowest BCUT2D eigenvalue weighted by molar-refractivity contribution is -0.137. The molecule has 50 heavy (non-hydrogen) atoms. The Balaban J connectivity index is 1.23. The summed E-state index contributed by atoms with van der Waals surface area (Å²) < 4.78 is 38.9. The zero-order valence-corrected chi connectivity index (χ0v) is 28.5. The molecule has 2 N–H and O–H groups in total. The largest absolute Gasteiger partial charge is 0.481 e. The Morgan fingerprint density at radius 3 is 2.32 bits per heavy atom. The molecule has 2 aromatic carbocycles. The van der Waals surface area contributed by atoms with E-state index in [0.29, 0.717) is 37.5 Å². The van der Waals surface area contributed by atoms with Crippen LogP contribution < -0.4 is 5.32 Å². The first kappa shape index (κ1) is 36.1. The van der Waals surface area contributed by atoms with Crippen LogP contribution in [0.3, 0.4) is 0 Å². The van der Waals surface area contributed by atoms with Crippen LogP contribution in [-0.2, 0) is 27.9 Å². The molecule has 1 fully saturated rings. The number of aromatic nitrogens is 4. The minimum absolute atomic E-state index is 0.0497. The van der Waals surface area contributed by atoms with Crippen molar-refractivity contribution in [2.75, 3.05) is 45.2 Å². The highest BCUT2D eigenvalue weighted by Gasteiger charge is 2.27. The first-order valence-electron chi connectivity index (χ1n) is 15.8. The van der Waals surface area contributed by atoms with E-state index in [0.717, 1.165) is 0 Å². The van der Waals surface area contributed by atoms with E-state index in [2.05, 4.69) is 15.4 Å². The SMILES string of the molecule is COCCn1ncc(-c2ccc(-c3cnc(C(=O)Nc4ccc(C(=O)N5CCN(C(=O)CCCC(=O)O)CC5)c(Cl)c4)n3C)c(F)c2F)c1C. The van der Waals surface area contributed by atoms with Crippen LogP contribution in [0.4, 0.5) is 14.5 Å². The second-order valence-electron chi connectivity index (χ2n) is 11.7. The molecule has 4 aromatic rings. The van der Waals surface area contributed by atoms with Gasteiger partial charge in [-0.15, -0.1) is 0 Å². The maximum Gasteiger partial charge on any atom is 0.303 e. The number of anilines is 1. The summed E-state index contributed by atoms with van der Waals surface area (Å²) in [5, 5.41) is 15.8. The Hall–Kier alpha value is -5.15. The van der Waals surface area contributed by atoms with Gasteiger partial charge in [-0.3, -0.25) is 23.9 Å². The van der Waals surface area contributed by atoms with Crippen molar-refractivity contribution in [1.82, 2.24) is 29.1 Å². The van der Waals surface area contributed by atoms with E-state index in [1.165, 1.54) is 54.3 Å². The Bertz CT molecular complexity index is 1940. The second-order valence-corrected chi connectivity index (χ2v) is 12.2. The molecule has 3 amide bonds. The first-order valence-corrected chi connectivity index (χ1v) is 16.2. The summed E-state index contributed by atoms with van der Waals surface area (Å²) in [6, 6.07) is 7.30.